The van der Waals surface area contributed by atoms with E-state index >= 15 is 0 Å². The summed E-state index contributed by atoms with van der Waals surface area (Å²) in [5, 5.41) is 20.1. The van der Waals surface area contributed by atoms with Crippen LogP contribution in [0, 0.1) is 12.4 Å². The van der Waals surface area contributed by atoms with E-state index in [0.717, 1.165) is 11.3 Å². The average molecular weight is 497 g/mol. The number of rotatable bonds is 8. The fraction of sp³-hybridized carbons (Fsp3) is 0.500. The van der Waals surface area contributed by atoms with Gasteiger partial charge >= 0.3 is 0 Å². The van der Waals surface area contributed by atoms with Crippen LogP contribution in [-0.2, 0) is 33.3 Å². The Labute approximate surface area is 198 Å². The van der Waals surface area contributed by atoms with E-state index < -0.39 is 33.8 Å². The van der Waals surface area contributed by atoms with E-state index in [2.05, 4.69) is 19.1 Å². The van der Waals surface area contributed by atoms with Gasteiger partial charge in [0, 0.05) is 0 Å². The molecule has 0 radical (unpaired) electrons. The van der Waals surface area contributed by atoms with E-state index in [0.29, 0.717) is 16.7 Å². The first-order valence-corrected chi connectivity index (χ1v) is 12.7. The highest BCUT2D eigenvalue weighted by Gasteiger charge is 2.31. The number of hydrogen-bond donors (Lipinski definition) is 3. The van der Waals surface area contributed by atoms with E-state index in [4.69, 9.17) is 6.57 Å². The van der Waals surface area contributed by atoms with Crippen molar-refractivity contribution in [3.63, 3.8) is 0 Å². The molecule has 0 saturated heterocycles. The zero-order chi connectivity index (χ0) is 25.1. The minimum atomic E-state index is -3.81. The van der Waals surface area contributed by atoms with Crippen molar-refractivity contribution in [3.05, 3.63) is 56.9 Å². The molecule has 1 atom stereocenters. The Balaban J connectivity index is 2.64. The smallest absolute Gasteiger partial charge is 0.260 e. The molecule has 0 bridgehead atoms. The number of aliphatic hydroxyl groups is 2. The lowest BCUT2D eigenvalue weighted by atomic mass is 9.87. The summed E-state index contributed by atoms with van der Waals surface area (Å²) in [5.41, 5.74) is 0.503. The molecule has 1 aromatic carbocycles. The van der Waals surface area contributed by atoms with Gasteiger partial charge in [-0.2, -0.15) is 11.5 Å². The summed E-state index contributed by atoms with van der Waals surface area (Å²) >= 11 is 0.806. The fourth-order valence-electron chi connectivity index (χ4n) is 3.32. The number of amides is 1. The molecule has 8 nitrogen and oxygen atoms in total. The van der Waals surface area contributed by atoms with E-state index in [1.165, 1.54) is 26.0 Å². The Bertz CT molecular complexity index is 1170. The van der Waals surface area contributed by atoms with Gasteiger partial charge in [0.15, 0.2) is 4.21 Å². The summed E-state index contributed by atoms with van der Waals surface area (Å²) in [4.78, 5) is 22.1. The number of benzene rings is 1. The number of aromatic nitrogens is 1. The zero-order valence-electron chi connectivity index (χ0n) is 19.5. The molecule has 0 spiro atoms. The van der Waals surface area contributed by atoms with Crippen LogP contribution in [0.3, 0.4) is 0 Å². The van der Waals surface area contributed by atoms with Gasteiger partial charge in [-0.15, -0.1) is 15.7 Å². The number of nitrogens with one attached hydrogen (secondary N) is 1. The van der Waals surface area contributed by atoms with Gasteiger partial charge in [0.05, 0.1) is 18.7 Å². The van der Waals surface area contributed by atoms with Gasteiger partial charge in [-0.3, -0.25) is 4.79 Å². The van der Waals surface area contributed by atoms with Gasteiger partial charge in [-0.1, -0.05) is 27.7 Å². The molecule has 33 heavy (non-hydrogen) atoms. The number of thiazole rings is 1. The fourth-order valence-corrected chi connectivity index (χ4v) is 6.15. The molecule has 1 amide bonds. The Morgan fingerprint density at radius 2 is 1.85 bits per heavy atom. The highest BCUT2D eigenvalue weighted by Crippen LogP contribution is 2.33. The molecule has 0 aliphatic heterocycles. The number of hydrogen-bond acceptors (Lipinski definition) is 6. The summed E-state index contributed by atoms with van der Waals surface area (Å²) in [6, 6.07) is 2.77. The first-order valence-electron chi connectivity index (χ1n) is 10.3. The second-order valence-electron chi connectivity index (χ2n) is 8.73. The van der Waals surface area contributed by atoms with Crippen LogP contribution in [-0.4, -0.2) is 25.3 Å². The molecule has 1 heterocycles. The van der Waals surface area contributed by atoms with Crippen LogP contribution < -0.4 is 4.83 Å². The maximum atomic E-state index is 14.2. The van der Waals surface area contributed by atoms with E-state index in [1.54, 1.807) is 0 Å². The molecule has 0 saturated carbocycles. The Hall–Kier alpha value is -2.39. The number of halogens is 1. The van der Waals surface area contributed by atoms with Crippen molar-refractivity contribution in [1.29, 1.82) is 0 Å². The highest BCUT2D eigenvalue weighted by atomic mass is 32.2. The van der Waals surface area contributed by atoms with Crippen molar-refractivity contribution in [2.75, 3.05) is 0 Å². The quantitative estimate of drug-likeness (QED) is 0.374. The Morgan fingerprint density at radius 1 is 1.30 bits per heavy atom. The lowest BCUT2D eigenvalue weighted by Crippen LogP contribution is -2.20. The second kappa shape index (κ2) is 10.3. The molecule has 3 N–H and O–H groups in total. The van der Waals surface area contributed by atoms with Crippen molar-refractivity contribution < 1.29 is 23.6 Å². The lowest BCUT2D eigenvalue weighted by molar-refractivity contribution is -0.117. The first-order chi connectivity index (χ1) is 15.2. The number of carbonyl (C=O) groups excluding carboxylic acids is 1. The third kappa shape index (κ3) is 6.14. The van der Waals surface area contributed by atoms with Crippen LogP contribution in [0.2, 0.25) is 0 Å². The van der Waals surface area contributed by atoms with E-state index in [1.807, 2.05) is 27.7 Å². The average Bonchev–Trinajstić information content (AvgIpc) is 3.14. The van der Waals surface area contributed by atoms with Crippen molar-refractivity contribution in [1.82, 2.24) is 9.82 Å². The predicted octanol–water partition coefficient (Wildman–Crippen LogP) is 4.18. The SMILES string of the molecule is [C-]#[N+]NS(=O)(=NC(=O)Cc1c(C(C)C)cc(F)cc1C(C)C)c1sc(C(C)(C)O)nc1CO. The lowest BCUT2D eigenvalue weighted by Gasteiger charge is -2.19. The number of aliphatic hydroxyl groups excluding tert-OH is 1. The van der Waals surface area contributed by atoms with Crippen LogP contribution >= 0.6 is 11.3 Å². The van der Waals surface area contributed by atoms with Crippen molar-refractivity contribution in [2.45, 2.75) is 76.2 Å². The Morgan fingerprint density at radius 3 is 2.27 bits per heavy atom. The molecule has 0 fully saturated rings. The third-order valence-corrected chi connectivity index (χ3v) is 8.51. The van der Waals surface area contributed by atoms with Gasteiger partial charge < -0.3 is 10.2 Å². The summed E-state index contributed by atoms with van der Waals surface area (Å²) < 4.78 is 31.5. The van der Waals surface area contributed by atoms with Crippen molar-refractivity contribution in [2.24, 2.45) is 4.36 Å². The molecule has 2 rings (SSSR count). The topological polar surface area (TPSA) is 116 Å². The minimum absolute atomic E-state index is 0.0395. The molecule has 0 aliphatic carbocycles. The maximum Gasteiger partial charge on any atom is 0.260 e. The van der Waals surface area contributed by atoms with Crippen molar-refractivity contribution in [3.8, 4) is 0 Å². The molecule has 1 unspecified atom stereocenters. The summed E-state index contributed by atoms with van der Waals surface area (Å²) in [6.45, 7) is 17.0. The molecule has 1 aromatic heterocycles. The second-order valence-corrected chi connectivity index (χ2v) is 11.8. The predicted molar refractivity (Wildman–Crippen MR) is 125 cm³/mol. The van der Waals surface area contributed by atoms with E-state index in [9.17, 15) is 23.6 Å². The standard InChI is InChI=1S/C22H29FN4O4S2/c1-12(2)15-8-14(23)9-16(13(3)4)17(15)10-19(29)26-33(31,27-24-7)20-18(11-28)25-21(32-20)22(5,6)30/h8-9,12-13,28,30H,10-11H2,1-6H3,(H,26,27,29,31). The van der Waals surface area contributed by atoms with Gasteiger partial charge in [0.25, 0.3) is 5.91 Å². The largest absolute Gasteiger partial charge is 0.390 e. The number of nitrogens with zero attached hydrogens (tertiary/aromatic N) is 3. The summed E-state index contributed by atoms with van der Waals surface area (Å²) in [7, 11) is -3.81. The summed E-state index contributed by atoms with van der Waals surface area (Å²) in [6.07, 6.45) is -0.233. The van der Waals surface area contributed by atoms with Gasteiger partial charge in [-0.05, 0) is 59.3 Å². The number of carbonyl (C=O) groups is 1. The van der Waals surface area contributed by atoms with Gasteiger partial charge in [0.1, 0.15) is 16.4 Å². The van der Waals surface area contributed by atoms with Crippen molar-refractivity contribution >= 4 is 27.2 Å². The zero-order valence-corrected chi connectivity index (χ0v) is 21.1. The molecular weight excluding hydrogens is 467 g/mol. The monoisotopic (exact) mass is 496 g/mol. The molecule has 0 aliphatic rings. The highest BCUT2D eigenvalue weighted by molar-refractivity contribution is 7.94. The van der Waals surface area contributed by atoms with Crippen LogP contribution in [0.5, 0.6) is 0 Å². The third-order valence-electron chi connectivity index (χ3n) is 4.84. The van der Waals surface area contributed by atoms with Crippen LogP contribution in [0.4, 0.5) is 4.39 Å². The van der Waals surface area contributed by atoms with Crippen LogP contribution in [0.25, 0.3) is 4.95 Å². The first kappa shape index (κ1) is 26.9. The van der Waals surface area contributed by atoms with Crippen LogP contribution in [0.15, 0.2) is 20.7 Å². The van der Waals surface area contributed by atoms with Gasteiger partial charge in [0.2, 0.25) is 9.92 Å². The Kier molecular flexibility index (Phi) is 8.35. The van der Waals surface area contributed by atoms with Gasteiger partial charge in [-0.25, -0.2) is 13.6 Å². The molecular formula is C22H29FN4O4S2. The molecule has 180 valence electrons. The minimum Gasteiger partial charge on any atom is -0.390 e. The van der Waals surface area contributed by atoms with Crippen LogP contribution in [0.1, 0.15) is 80.8 Å². The molecule has 2 aromatic rings. The molecule has 11 heteroatoms. The maximum absolute atomic E-state index is 14.2. The normalized spacial score (nSPS) is 13.6. The van der Waals surface area contributed by atoms with E-state index in [-0.39, 0.29) is 33.2 Å². The summed E-state index contributed by atoms with van der Waals surface area (Å²) in [5.74, 6) is -1.30.